The Kier molecular flexibility index (Phi) is 8.00. The van der Waals surface area contributed by atoms with Crippen molar-refractivity contribution in [1.29, 1.82) is 0 Å². The Bertz CT molecular complexity index is 1160. The number of carbonyl (C=O) groups is 3. The van der Waals surface area contributed by atoms with Crippen molar-refractivity contribution < 1.29 is 24.2 Å². The number of phenols is 1. The van der Waals surface area contributed by atoms with Crippen LogP contribution in [0.3, 0.4) is 0 Å². The summed E-state index contributed by atoms with van der Waals surface area (Å²) in [6.45, 7) is 1.52. The Morgan fingerprint density at radius 1 is 1.14 bits per heavy atom. The number of piperidine rings is 1. The molecule has 4 rings (SSSR count). The van der Waals surface area contributed by atoms with Gasteiger partial charge in [0.15, 0.2) is 6.10 Å². The molecule has 0 aromatic heterocycles. The minimum atomic E-state index is -0.974. The van der Waals surface area contributed by atoms with Crippen LogP contribution in [-0.2, 0) is 22.4 Å². The van der Waals surface area contributed by atoms with Crippen molar-refractivity contribution in [2.24, 2.45) is 0 Å². The lowest BCUT2D eigenvalue weighted by Gasteiger charge is -2.37. The number of hydrogen-bond acceptors (Lipinski definition) is 5. The van der Waals surface area contributed by atoms with Gasteiger partial charge in [0.1, 0.15) is 21.4 Å². The molecule has 1 fully saturated rings. The number of benzene rings is 2. The van der Waals surface area contributed by atoms with E-state index in [1.165, 1.54) is 4.90 Å². The van der Waals surface area contributed by atoms with E-state index in [9.17, 15) is 19.5 Å². The summed E-state index contributed by atoms with van der Waals surface area (Å²) in [5, 5.41) is 13.1. The van der Waals surface area contributed by atoms with Crippen molar-refractivity contribution in [3.05, 3.63) is 47.5 Å². The molecule has 2 heterocycles. The normalized spacial score (nSPS) is 16.9. The smallest absolute Gasteiger partial charge is 0.410 e. The molecule has 2 aromatic rings. The van der Waals surface area contributed by atoms with E-state index in [1.807, 2.05) is 41.3 Å². The third kappa shape index (κ3) is 6.03. The summed E-state index contributed by atoms with van der Waals surface area (Å²) in [5.41, 5.74) is 4.20. The third-order valence-corrected chi connectivity index (χ3v) is 7.24. The molecule has 0 aliphatic carbocycles. The van der Waals surface area contributed by atoms with E-state index in [0.717, 1.165) is 23.2 Å². The Labute approximate surface area is 219 Å². The van der Waals surface area contributed by atoms with Crippen molar-refractivity contribution >= 4 is 50.3 Å². The van der Waals surface area contributed by atoms with Gasteiger partial charge in [-0.25, -0.2) is 9.59 Å². The maximum absolute atomic E-state index is 13.1. The maximum atomic E-state index is 13.1. The van der Waals surface area contributed by atoms with Crippen LogP contribution in [0.15, 0.2) is 36.4 Å². The Balaban J connectivity index is 1.37. The molecule has 2 N–H and O–H groups in total. The van der Waals surface area contributed by atoms with Crippen molar-refractivity contribution in [3.63, 3.8) is 0 Å². The Morgan fingerprint density at radius 3 is 2.43 bits per heavy atom. The monoisotopic (exact) mass is 504 g/mol. The zero-order valence-corrected chi connectivity index (χ0v) is 22.0. The van der Waals surface area contributed by atoms with Crippen molar-refractivity contribution in [2.75, 3.05) is 39.0 Å². The van der Waals surface area contributed by atoms with Gasteiger partial charge in [0.05, 0.1) is 0 Å². The van der Waals surface area contributed by atoms with Crippen LogP contribution in [0.2, 0.25) is 0 Å². The number of ether oxygens (including phenoxy) is 1. The number of nitrogens with one attached hydrogen (secondary N) is 1. The number of likely N-dealkylation sites (N-methyl/N-ethyl adjacent to an activating group) is 1. The highest BCUT2D eigenvalue weighted by molar-refractivity contribution is 6.41. The highest BCUT2D eigenvalue weighted by Gasteiger charge is 2.33. The topological polar surface area (TPSA) is 102 Å². The summed E-state index contributed by atoms with van der Waals surface area (Å²) in [7, 11) is 6.86. The van der Waals surface area contributed by atoms with Crippen LogP contribution in [0.25, 0.3) is 0 Å². The average molecular weight is 504 g/mol. The molecule has 2 aromatic carbocycles. The quantitative estimate of drug-likeness (QED) is 0.540. The fraction of sp³-hybridized carbons (Fsp3) is 0.423. The fourth-order valence-electron chi connectivity index (χ4n) is 5.14. The van der Waals surface area contributed by atoms with Crippen molar-refractivity contribution in [1.82, 2.24) is 14.7 Å². The molecular weight excluding hydrogens is 470 g/mol. The molecule has 1 saturated heterocycles. The van der Waals surface area contributed by atoms with Crippen LogP contribution < -0.4 is 16.2 Å². The molecular formula is C26H34B2N4O5. The van der Waals surface area contributed by atoms with Gasteiger partial charge in [-0.05, 0) is 47.4 Å². The molecule has 0 spiro atoms. The fourth-order valence-corrected chi connectivity index (χ4v) is 5.14. The lowest BCUT2D eigenvalue weighted by atomic mass is 9.83. The lowest BCUT2D eigenvalue weighted by Crippen LogP contribution is -2.51. The van der Waals surface area contributed by atoms with E-state index in [2.05, 4.69) is 5.32 Å². The van der Waals surface area contributed by atoms with Gasteiger partial charge in [-0.1, -0.05) is 30.3 Å². The minimum Gasteiger partial charge on any atom is -0.509 e. The van der Waals surface area contributed by atoms with Crippen LogP contribution in [0.1, 0.15) is 24.0 Å². The predicted octanol–water partition coefficient (Wildman–Crippen LogP) is -0.400. The summed E-state index contributed by atoms with van der Waals surface area (Å²) < 4.78 is 5.73. The number of urea groups is 1. The number of amides is 4. The van der Waals surface area contributed by atoms with Gasteiger partial charge < -0.3 is 29.9 Å². The number of likely N-dealkylation sites (tertiary alicyclic amines) is 1. The predicted molar refractivity (Wildman–Crippen MR) is 148 cm³/mol. The largest absolute Gasteiger partial charge is 0.509 e. The second-order valence-electron chi connectivity index (χ2n) is 10.1. The van der Waals surface area contributed by atoms with Gasteiger partial charge in [0.2, 0.25) is 0 Å². The van der Waals surface area contributed by atoms with E-state index in [-0.39, 0.29) is 30.2 Å². The number of anilines is 1. The molecule has 2 aliphatic rings. The first-order valence-corrected chi connectivity index (χ1v) is 12.8. The second-order valence-corrected chi connectivity index (χ2v) is 10.1. The van der Waals surface area contributed by atoms with E-state index in [0.29, 0.717) is 43.4 Å². The molecule has 37 heavy (non-hydrogen) atoms. The van der Waals surface area contributed by atoms with Crippen LogP contribution in [0, 0.1) is 0 Å². The van der Waals surface area contributed by atoms with Crippen LogP contribution in [0.5, 0.6) is 5.75 Å². The van der Waals surface area contributed by atoms with Gasteiger partial charge in [0, 0.05) is 51.9 Å². The van der Waals surface area contributed by atoms with Gasteiger partial charge >= 0.3 is 12.1 Å². The van der Waals surface area contributed by atoms with Gasteiger partial charge in [-0.15, -0.1) is 0 Å². The summed E-state index contributed by atoms with van der Waals surface area (Å²) in [6.07, 6.45) is 0.775. The molecule has 194 valence electrons. The van der Waals surface area contributed by atoms with E-state index in [4.69, 9.17) is 4.74 Å². The summed E-state index contributed by atoms with van der Waals surface area (Å²) >= 11 is 0. The molecule has 0 bridgehead atoms. The highest BCUT2D eigenvalue weighted by Crippen LogP contribution is 2.25. The number of hydrogen-bond donors (Lipinski definition) is 2. The van der Waals surface area contributed by atoms with Crippen molar-refractivity contribution in [3.8, 4) is 5.75 Å². The zero-order chi connectivity index (χ0) is 26.7. The number of rotatable bonds is 5. The molecule has 0 unspecified atom stereocenters. The number of para-hydroxylation sites is 1. The number of nitrogens with zero attached hydrogens (tertiary/aromatic N) is 3. The molecule has 4 amide bonds. The van der Waals surface area contributed by atoms with E-state index < -0.39 is 12.2 Å². The molecule has 11 heteroatoms. The summed E-state index contributed by atoms with van der Waals surface area (Å²) in [5.74, 6) is -0.0755. The van der Waals surface area contributed by atoms with Gasteiger partial charge in [-0.3, -0.25) is 4.79 Å². The maximum Gasteiger partial charge on any atom is 0.410 e. The van der Waals surface area contributed by atoms with Gasteiger partial charge in [0.25, 0.3) is 5.91 Å². The first-order valence-electron chi connectivity index (χ1n) is 12.8. The summed E-state index contributed by atoms with van der Waals surface area (Å²) in [4.78, 5) is 43.7. The standard InChI is InChI=1S/C26H34B2N4O5/c1-30(2)24(34)22(15-16-13-19(27)23(33)20(28)14-16)37-26(36)31-10-8-18(9-11-31)32-12-7-17-5-3-4-6-21(17)29-25(32)35/h3-6,13-14,18,22,33H,7-12,15,27-28H2,1-2H3,(H,29,35)/t22-/m1/s1. The molecule has 2 aliphatic heterocycles. The minimum absolute atomic E-state index is 0.0283. The number of fused-ring (bicyclic) bond motifs is 1. The lowest BCUT2D eigenvalue weighted by molar-refractivity contribution is -0.138. The zero-order valence-electron chi connectivity index (χ0n) is 22.0. The van der Waals surface area contributed by atoms with Crippen LogP contribution in [0.4, 0.5) is 15.3 Å². The van der Waals surface area contributed by atoms with Crippen LogP contribution in [-0.4, -0.2) is 99.4 Å². The first-order chi connectivity index (χ1) is 17.6. The Hall–Kier alpha value is -3.62. The second kappa shape index (κ2) is 11.2. The average Bonchev–Trinajstić information content (AvgIpc) is 3.04. The Morgan fingerprint density at radius 2 is 1.78 bits per heavy atom. The van der Waals surface area contributed by atoms with E-state index >= 15 is 0 Å². The van der Waals surface area contributed by atoms with Crippen molar-refractivity contribution in [2.45, 2.75) is 37.8 Å². The SMILES string of the molecule is Bc1cc(C[C@@H](OC(=O)N2CCC(N3CCc4ccccc4NC3=O)CC2)C(=O)N(C)C)cc(B)c1O. The summed E-state index contributed by atoms with van der Waals surface area (Å²) in [6, 6.07) is 11.4. The first kappa shape index (κ1) is 26.4. The molecule has 9 nitrogen and oxygen atoms in total. The number of carbonyl (C=O) groups excluding carboxylic acids is 3. The van der Waals surface area contributed by atoms with E-state index in [1.54, 1.807) is 34.7 Å². The van der Waals surface area contributed by atoms with Gasteiger partial charge in [-0.2, -0.15) is 0 Å². The molecule has 0 saturated carbocycles. The van der Waals surface area contributed by atoms with Crippen LogP contribution >= 0.6 is 0 Å². The third-order valence-electron chi connectivity index (χ3n) is 7.24. The molecule has 0 radical (unpaired) electrons. The number of aromatic hydroxyl groups is 1. The highest BCUT2D eigenvalue weighted by atomic mass is 16.6. The molecule has 1 atom stereocenters. The number of phenolic OH excluding ortho intramolecular Hbond substituents is 1.